The molecule has 7 nitrogen and oxygen atoms in total. The minimum Gasteiger partial charge on any atom is -0.484 e. The van der Waals surface area contributed by atoms with Crippen LogP contribution in [-0.4, -0.2) is 35.9 Å². The molecule has 11 heteroatoms. The van der Waals surface area contributed by atoms with Crippen molar-refractivity contribution in [2.45, 2.75) is 33.1 Å². The van der Waals surface area contributed by atoms with E-state index in [9.17, 15) is 13.2 Å². The number of hydrogen-bond acceptors (Lipinski definition) is 5. The minimum absolute atomic E-state index is 0. The SMILES string of the molecule is CN=C(NCc1nc(C)no1)NCc1ccc(C)cc1OCC(F)(F)F.I. The predicted molar refractivity (Wildman–Crippen MR) is 104 cm³/mol. The zero-order chi connectivity index (χ0) is 19.2. The molecule has 0 aliphatic carbocycles. The van der Waals surface area contributed by atoms with E-state index in [1.807, 2.05) is 0 Å². The van der Waals surface area contributed by atoms with Crippen molar-refractivity contribution in [3.63, 3.8) is 0 Å². The molecule has 2 rings (SSSR count). The Kier molecular flexibility index (Phi) is 8.79. The number of aliphatic imine (C=N–C) groups is 1. The normalized spacial score (nSPS) is 11.7. The van der Waals surface area contributed by atoms with E-state index in [4.69, 9.17) is 9.26 Å². The highest BCUT2D eigenvalue weighted by Crippen LogP contribution is 2.23. The predicted octanol–water partition coefficient (Wildman–Crippen LogP) is 3.11. The maximum atomic E-state index is 12.4. The number of nitrogens with zero attached hydrogens (tertiary/aromatic N) is 3. The van der Waals surface area contributed by atoms with Gasteiger partial charge in [0.05, 0.1) is 6.54 Å². The van der Waals surface area contributed by atoms with Crippen LogP contribution >= 0.6 is 24.0 Å². The lowest BCUT2D eigenvalue weighted by Gasteiger charge is -2.16. The van der Waals surface area contributed by atoms with Crippen LogP contribution in [0.3, 0.4) is 0 Å². The first kappa shape index (κ1) is 23.0. The summed E-state index contributed by atoms with van der Waals surface area (Å²) in [5.41, 5.74) is 1.39. The zero-order valence-corrected chi connectivity index (χ0v) is 17.4. The second-order valence-corrected chi connectivity index (χ2v) is 5.53. The quantitative estimate of drug-likeness (QED) is 0.361. The summed E-state index contributed by atoms with van der Waals surface area (Å²) in [4.78, 5) is 8.10. The average molecular weight is 499 g/mol. The van der Waals surface area contributed by atoms with Crippen LogP contribution in [0.4, 0.5) is 13.2 Å². The van der Waals surface area contributed by atoms with Gasteiger partial charge in [0.2, 0.25) is 5.89 Å². The molecule has 1 heterocycles. The smallest absolute Gasteiger partial charge is 0.422 e. The molecule has 0 saturated carbocycles. The molecule has 0 aliphatic heterocycles. The first-order valence-corrected chi connectivity index (χ1v) is 7.79. The summed E-state index contributed by atoms with van der Waals surface area (Å²) in [7, 11) is 1.57. The zero-order valence-electron chi connectivity index (χ0n) is 15.1. The number of aryl methyl sites for hydroxylation is 2. The second kappa shape index (κ2) is 10.3. The van der Waals surface area contributed by atoms with Crippen LogP contribution in [0.2, 0.25) is 0 Å². The van der Waals surface area contributed by atoms with Crippen molar-refractivity contribution >= 4 is 29.9 Å². The van der Waals surface area contributed by atoms with Crippen molar-refractivity contribution in [1.29, 1.82) is 0 Å². The maximum Gasteiger partial charge on any atom is 0.422 e. The number of rotatable bonds is 6. The summed E-state index contributed by atoms with van der Waals surface area (Å²) < 4.78 is 47.2. The fourth-order valence-electron chi connectivity index (χ4n) is 2.07. The Morgan fingerprint density at radius 2 is 1.93 bits per heavy atom. The van der Waals surface area contributed by atoms with Crippen LogP contribution in [0.25, 0.3) is 0 Å². The molecule has 2 N–H and O–H groups in total. The highest BCUT2D eigenvalue weighted by Gasteiger charge is 2.28. The number of halogens is 4. The highest BCUT2D eigenvalue weighted by molar-refractivity contribution is 14.0. The van der Waals surface area contributed by atoms with Crippen molar-refractivity contribution in [3.05, 3.63) is 41.0 Å². The van der Waals surface area contributed by atoms with E-state index in [0.717, 1.165) is 5.56 Å². The van der Waals surface area contributed by atoms with Gasteiger partial charge in [0.25, 0.3) is 0 Å². The summed E-state index contributed by atoms with van der Waals surface area (Å²) in [5.74, 6) is 1.53. The van der Waals surface area contributed by atoms with Gasteiger partial charge in [0.1, 0.15) is 5.75 Å². The van der Waals surface area contributed by atoms with Gasteiger partial charge in [-0.3, -0.25) is 4.99 Å². The largest absolute Gasteiger partial charge is 0.484 e. The van der Waals surface area contributed by atoms with E-state index in [2.05, 4.69) is 25.8 Å². The topological polar surface area (TPSA) is 84.6 Å². The van der Waals surface area contributed by atoms with Crippen molar-refractivity contribution in [2.75, 3.05) is 13.7 Å². The van der Waals surface area contributed by atoms with Crippen LogP contribution in [0.5, 0.6) is 5.75 Å². The van der Waals surface area contributed by atoms with Crippen molar-refractivity contribution in [1.82, 2.24) is 20.8 Å². The summed E-state index contributed by atoms with van der Waals surface area (Å²) in [6.45, 7) is 2.65. The number of ether oxygens (including phenoxy) is 1. The molecule has 2 aromatic rings. The molecule has 0 fully saturated rings. The number of nitrogens with one attached hydrogen (secondary N) is 2. The molecule has 27 heavy (non-hydrogen) atoms. The van der Waals surface area contributed by atoms with E-state index in [-0.39, 0.29) is 42.8 Å². The molecular formula is C16H21F3IN5O2. The van der Waals surface area contributed by atoms with Crippen LogP contribution in [-0.2, 0) is 13.1 Å². The average Bonchev–Trinajstić information content (AvgIpc) is 2.99. The number of benzene rings is 1. The van der Waals surface area contributed by atoms with E-state index in [0.29, 0.717) is 23.2 Å². The first-order chi connectivity index (χ1) is 12.3. The van der Waals surface area contributed by atoms with Gasteiger partial charge in [-0.25, -0.2) is 0 Å². The van der Waals surface area contributed by atoms with E-state index in [1.165, 1.54) is 0 Å². The number of guanidine groups is 1. The molecule has 150 valence electrons. The maximum absolute atomic E-state index is 12.4. The van der Waals surface area contributed by atoms with Crippen LogP contribution in [0.15, 0.2) is 27.7 Å². The lowest BCUT2D eigenvalue weighted by atomic mass is 10.1. The van der Waals surface area contributed by atoms with Gasteiger partial charge in [-0.05, 0) is 25.5 Å². The van der Waals surface area contributed by atoms with Crippen molar-refractivity contribution < 1.29 is 22.4 Å². The Hall–Kier alpha value is -2.05. The van der Waals surface area contributed by atoms with Crippen molar-refractivity contribution in [2.24, 2.45) is 4.99 Å². The Morgan fingerprint density at radius 3 is 2.52 bits per heavy atom. The third kappa shape index (κ3) is 8.01. The molecule has 0 radical (unpaired) electrons. The van der Waals surface area contributed by atoms with Gasteiger partial charge in [-0.1, -0.05) is 17.3 Å². The fourth-order valence-corrected chi connectivity index (χ4v) is 2.07. The third-order valence-corrected chi connectivity index (χ3v) is 3.26. The highest BCUT2D eigenvalue weighted by atomic mass is 127. The molecular weight excluding hydrogens is 478 g/mol. The first-order valence-electron chi connectivity index (χ1n) is 7.79. The molecule has 0 unspecified atom stereocenters. The summed E-state index contributed by atoms with van der Waals surface area (Å²) in [6.07, 6.45) is -4.39. The van der Waals surface area contributed by atoms with Crippen LogP contribution in [0, 0.1) is 13.8 Å². The minimum atomic E-state index is -4.39. The Labute approximate surface area is 171 Å². The monoisotopic (exact) mass is 499 g/mol. The lowest BCUT2D eigenvalue weighted by molar-refractivity contribution is -0.153. The number of alkyl halides is 3. The Bertz CT molecular complexity index is 765. The molecule has 0 spiro atoms. The van der Waals surface area contributed by atoms with E-state index in [1.54, 1.807) is 39.1 Å². The molecule has 0 atom stereocenters. The molecule has 0 bridgehead atoms. The number of hydrogen-bond donors (Lipinski definition) is 2. The summed E-state index contributed by atoms with van der Waals surface area (Å²) in [6, 6.07) is 5.08. The fraction of sp³-hybridized carbons (Fsp3) is 0.438. The molecule has 0 aliphatic rings. The lowest BCUT2D eigenvalue weighted by Crippen LogP contribution is -2.36. The van der Waals surface area contributed by atoms with E-state index < -0.39 is 12.8 Å². The van der Waals surface area contributed by atoms with Gasteiger partial charge in [0, 0.05) is 19.2 Å². The van der Waals surface area contributed by atoms with Crippen LogP contribution in [0.1, 0.15) is 22.8 Å². The van der Waals surface area contributed by atoms with Gasteiger partial charge in [-0.15, -0.1) is 24.0 Å². The van der Waals surface area contributed by atoms with Crippen LogP contribution < -0.4 is 15.4 Å². The van der Waals surface area contributed by atoms with E-state index >= 15 is 0 Å². The Morgan fingerprint density at radius 1 is 1.22 bits per heavy atom. The van der Waals surface area contributed by atoms with Gasteiger partial charge < -0.3 is 19.9 Å². The third-order valence-electron chi connectivity index (χ3n) is 3.26. The second-order valence-electron chi connectivity index (χ2n) is 5.53. The molecule has 1 aromatic carbocycles. The standard InChI is InChI=1S/C16H20F3N5O2.HI/c1-10-4-5-12(13(6-10)25-9-16(17,18)19)7-21-15(20-3)22-8-14-23-11(2)24-26-14;/h4-6H,7-9H2,1-3H3,(H2,20,21,22);1H. The van der Waals surface area contributed by atoms with Gasteiger partial charge >= 0.3 is 6.18 Å². The van der Waals surface area contributed by atoms with Crippen molar-refractivity contribution in [3.8, 4) is 5.75 Å². The molecule has 1 aromatic heterocycles. The molecule has 0 amide bonds. The number of aromatic nitrogens is 2. The summed E-state index contributed by atoms with van der Waals surface area (Å²) >= 11 is 0. The van der Waals surface area contributed by atoms with Gasteiger partial charge in [-0.2, -0.15) is 18.2 Å². The summed E-state index contributed by atoms with van der Waals surface area (Å²) in [5, 5.41) is 9.67. The Balaban J connectivity index is 0.00000364. The molecule has 0 saturated heterocycles. The van der Waals surface area contributed by atoms with Gasteiger partial charge in [0.15, 0.2) is 18.4 Å².